The number of nitrogens with zero attached hydrogens (tertiary/aromatic N) is 2. The molecule has 1 unspecified atom stereocenters. The van der Waals surface area contributed by atoms with Crippen LogP contribution >= 0.6 is 0 Å². The molecule has 1 aromatic rings. The van der Waals surface area contributed by atoms with Crippen LogP contribution in [0.1, 0.15) is 6.92 Å². The van der Waals surface area contributed by atoms with Gasteiger partial charge < -0.3 is 9.88 Å². The Kier molecular flexibility index (Phi) is 2.96. The number of aromatic nitrogens is 1. The van der Waals surface area contributed by atoms with Gasteiger partial charge in [0.25, 0.3) is 0 Å². The predicted octanol–water partition coefficient (Wildman–Crippen LogP) is -0.466. The molecule has 0 aromatic carbocycles. The lowest BCUT2D eigenvalue weighted by Crippen LogP contribution is -2.55. The zero-order valence-electron chi connectivity index (χ0n) is 9.75. The Morgan fingerprint density at radius 2 is 2.18 bits per heavy atom. The van der Waals surface area contributed by atoms with E-state index >= 15 is 0 Å². The van der Waals surface area contributed by atoms with E-state index in [1.807, 2.05) is 0 Å². The van der Waals surface area contributed by atoms with Crippen molar-refractivity contribution < 1.29 is 13.2 Å². The zero-order chi connectivity index (χ0) is 12.6. The summed E-state index contributed by atoms with van der Waals surface area (Å²) >= 11 is 0. The van der Waals surface area contributed by atoms with Crippen LogP contribution in [-0.4, -0.2) is 42.3 Å². The van der Waals surface area contributed by atoms with Crippen LogP contribution < -0.4 is 5.32 Å². The van der Waals surface area contributed by atoms with Crippen molar-refractivity contribution in [2.45, 2.75) is 17.9 Å². The minimum atomic E-state index is -3.57. The number of carbonyl (C=O) groups is 1. The Balaban J connectivity index is 2.35. The van der Waals surface area contributed by atoms with Gasteiger partial charge in [0.2, 0.25) is 15.9 Å². The smallest absolute Gasteiger partial charge is 0.245 e. The molecule has 17 heavy (non-hydrogen) atoms. The average Bonchev–Trinajstić information content (AvgIpc) is 2.69. The lowest BCUT2D eigenvalue weighted by molar-refractivity contribution is -0.126. The van der Waals surface area contributed by atoms with Crippen LogP contribution in [-0.2, 0) is 21.9 Å². The van der Waals surface area contributed by atoms with Crippen molar-refractivity contribution in [2.75, 3.05) is 13.1 Å². The summed E-state index contributed by atoms with van der Waals surface area (Å²) in [5, 5.41) is 2.64. The standard InChI is InChI=1S/C10H15N3O3S/c1-8-10(14)11-4-6-13(8)17(15,16)9-3-5-12(2)7-9/h3,5,7-8H,4,6H2,1-2H3,(H,11,14). The van der Waals surface area contributed by atoms with Crippen LogP contribution in [0.4, 0.5) is 0 Å². The molecule has 1 aliphatic heterocycles. The molecule has 1 aliphatic rings. The third-order valence-electron chi connectivity index (χ3n) is 2.85. The maximum atomic E-state index is 12.3. The molecule has 94 valence electrons. The highest BCUT2D eigenvalue weighted by Gasteiger charge is 2.35. The summed E-state index contributed by atoms with van der Waals surface area (Å²) in [7, 11) is -1.82. The molecule has 0 bridgehead atoms. The van der Waals surface area contributed by atoms with Crippen LogP contribution in [0.3, 0.4) is 0 Å². The summed E-state index contributed by atoms with van der Waals surface area (Å²) in [5.41, 5.74) is 0. The lowest BCUT2D eigenvalue weighted by atomic mass is 10.2. The molecule has 1 amide bonds. The van der Waals surface area contributed by atoms with Crippen LogP contribution in [0.15, 0.2) is 23.4 Å². The van der Waals surface area contributed by atoms with E-state index in [-0.39, 0.29) is 10.8 Å². The molecule has 0 spiro atoms. The summed E-state index contributed by atoms with van der Waals surface area (Å²) < 4.78 is 27.5. The molecule has 0 radical (unpaired) electrons. The van der Waals surface area contributed by atoms with Crippen molar-refractivity contribution in [3.63, 3.8) is 0 Å². The van der Waals surface area contributed by atoms with Crippen LogP contribution in [0.25, 0.3) is 0 Å². The Labute approximate surface area is 100 Å². The molecule has 2 heterocycles. The van der Waals surface area contributed by atoms with E-state index in [1.165, 1.54) is 16.6 Å². The molecule has 1 fully saturated rings. The van der Waals surface area contributed by atoms with Crippen molar-refractivity contribution in [1.29, 1.82) is 0 Å². The second-order valence-electron chi connectivity index (χ2n) is 4.10. The molecule has 1 aromatic heterocycles. The number of nitrogens with one attached hydrogen (secondary N) is 1. The first-order chi connectivity index (χ1) is 7.93. The van der Waals surface area contributed by atoms with Gasteiger partial charge in [0.05, 0.1) is 4.90 Å². The van der Waals surface area contributed by atoms with Gasteiger partial charge in [-0.1, -0.05) is 0 Å². The summed E-state index contributed by atoms with van der Waals surface area (Å²) in [4.78, 5) is 11.7. The SMILES string of the molecule is CC1C(=O)NCCN1S(=O)(=O)c1ccn(C)c1. The van der Waals surface area contributed by atoms with Crippen molar-refractivity contribution in [1.82, 2.24) is 14.2 Å². The van der Waals surface area contributed by atoms with E-state index in [4.69, 9.17) is 0 Å². The van der Waals surface area contributed by atoms with Gasteiger partial charge in [-0.05, 0) is 13.0 Å². The number of piperazine rings is 1. The minimum Gasteiger partial charge on any atom is -0.356 e. The highest BCUT2D eigenvalue weighted by atomic mass is 32.2. The van der Waals surface area contributed by atoms with E-state index < -0.39 is 16.1 Å². The van der Waals surface area contributed by atoms with Gasteiger partial charge in [-0.3, -0.25) is 4.79 Å². The second kappa shape index (κ2) is 4.15. The second-order valence-corrected chi connectivity index (χ2v) is 5.99. The van der Waals surface area contributed by atoms with Crippen LogP contribution in [0.2, 0.25) is 0 Å². The number of amides is 1. The fourth-order valence-corrected chi connectivity index (χ4v) is 3.50. The molecule has 2 rings (SSSR count). The molecular formula is C10H15N3O3S. The first-order valence-corrected chi connectivity index (χ1v) is 6.78. The maximum absolute atomic E-state index is 12.3. The van der Waals surface area contributed by atoms with Gasteiger partial charge in [0.15, 0.2) is 0 Å². The van der Waals surface area contributed by atoms with E-state index in [0.29, 0.717) is 13.1 Å². The highest BCUT2D eigenvalue weighted by molar-refractivity contribution is 7.89. The number of sulfonamides is 1. The summed E-state index contributed by atoms with van der Waals surface area (Å²) in [6.07, 6.45) is 3.20. The Hall–Kier alpha value is -1.34. The quantitative estimate of drug-likeness (QED) is 0.779. The summed E-state index contributed by atoms with van der Waals surface area (Å²) in [6.45, 7) is 2.26. The third-order valence-corrected chi connectivity index (χ3v) is 4.81. The van der Waals surface area contributed by atoms with E-state index in [1.54, 1.807) is 24.7 Å². The maximum Gasteiger partial charge on any atom is 0.245 e. The van der Waals surface area contributed by atoms with E-state index in [0.717, 1.165) is 0 Å². The van der Waals surface area contributed by atoms with Crippen molar-refractivity contribution >= 4 is 15.9 Å². The van der Waals surface area contributed by atoms with Gasteiger partial charge in [0.1, 0.15) is 6.04 Å². The van der Waals surface area contributed by atoms with Crippen molar-refractivity contribution in [3.8, 4) is 0 Å². The molecule has 1 N–H and O–H groups in total. The number of hydrogen-bond acceptors (Lipinski definition) is 3. The van der Waals surface area contributed by atoms with Crippen molar-refractivity contribution in [3.05, 3.63) is 18.5 Å². The topological polar surface area (TPSA) is 71.4 Å². The normalized spacial score (nSPS) is 22.5. The Morgan fingerprint density at radius 3 is 2.76 bits per heavy atom. The largest absolute Gasteiger partial charge is 0.356 e. The van der Waals surface area contributed by atoms with E-state index in [9.17, 15) is 13.2 Å². The van der Waals surface area contributed by atoms with Gasteiger partial charge >= 0.3 is 0 Å². The predicted molar refractivity (Wildman–Crippen MR) is 61.8 cm³/mol. The fraction of sp³-hybridized carbons (Fsp3) is 0.500. The van der Waals surface area contributed by atoms with Gasteiger partial charge in [-0.25, -0.2) is 8.42 Å². The highest BCUT2D eigenvalue weighted by Crippen LogP contribution is 2.19. The molecule has 7 heteroatoms. The number of carbonyl (C=O) groups excluding carboxylic acids is 1. The zero-order valence-corrected chi connectivity index (χ0v) is 10.6. The van der Waals surface area contributed by atoms with Gasteiger partial charge in [0, 0.05) is 32.5 Å². The number of rotatable bonds is 2. The molecule has 1 atom stereocenters. The Bertz CT molecular complexity index is 535. The van der Waals surface area contributed by atoms with Gasteiger partial charge in [-0.15, -0.1) is 0 Å². The van der Waals surface area contributed by atoms with E-state index in [2.05, 4.69) is 5.32 Å². The van der Waals surface area contributed by atoms with Crippen LogP contribution in [0.5, 0.6) is 0 Å². The fourth-order valence-electron chi connectivity index (χ4n) is 1.86. The van der Waals surface area contributed by atoms with Crippen molar-refractivity contribution in [2.24, 2.45) is 7.05 Å². The molecule has 0 saturated carbocycles. The number of aryl methyl sites for hydroxylation is 1. The molecular weight excluding hydrogens is 242 g/mol. The average molecular weight is 257 g/mol. The first-order valence-electron chi connectivity index (χ1n) is 5.34. The molecule has 6 nitrogen and oxygen atoms in total. The monoisotopic (exact) mass is 257 g/mol. The molecule has 0 aliphatic carbocycles. The lowest BCUT2D eigenvalue weighted by Gasteiger charge is -2.31. The summed E-state index contributed by atoms with van der Waals surface area (Å²) in [5.74, 6) is -0.254. The molecule has 1 saturated heterocycles. The van der Waals surface area contributed by atoms with Gasteiger partial charge in [-0.2, -0.15) is 4.31 Å². The minimum absolute atomic E-state index is 0.224. The number of hydrogen-bond donors (Lipinski definition) is 1. The third kappa shape index (κ3) is 2.07. The van der Waals surface area contributed by atoms with Crippen LogP contribution in [0, 0.1) is 0 Å². The summed E-state index contributed by atoms with van der Waals surface area (Å²) in [6, 6.07) is 0.878. The Morgan fingerprint density at radius 1 is 1.47 bits per heavy atom. The first kappa shape index (κ1) is 12.1.